The lowest BCUT2D eigenvalue weighted by Gasteiger charge is -2.01. The molecule has 11 heavy (non-hydrogen) atoms. The Labute approximate surface area is 83.6 Å². The lowest BCUT2D eigenvalue weighted by molar-refractivity contribution is 1.37. The van der Waals surface area contributed by atoms with Gasteiger partial charge in [0.15, 0.2) is 0 Å². The van der Waals surface area contributed by atoms with Crippen LogP contribution >= 0.6 is 24.8 Å². The van der Waals surface area contributed by atoms with E-state index in [-0.39, 0.29) is 24.8 Å². The van der Waals surface area contributed by atoms with Crippen molar-refractivity contribution >= 4 is 40.2 Å². The summed E-state index contributed by atoms with van der Waals surface area (Å²) >= 11 is 0. The van der Waals surface area contributed by atoms with E-state index in [1.165, 1.54) is 26.6 Å². The molecule has 1 rings (SSSR count). The van der Waals surface area contributed by atoms with E-state index in [2.05, 4.69) is 32.0 Å². The number of rotatable bonds is 0. The smallest absolute Gasteiger partial charge is 0.0388 e. The molecule has 0 aromatic heterocycles. The molecule has 0 unspecified atom stereocenters. The van der Waals surface area contributed by atoms with Crippen molar-refractivity contribution in [1.82, 2.24) is 0 Å². The van der Waals surface area contributed by atoms with Crippen LogP contribution in [-0.4, -0.2) is 10.2 Å². The molecule has 1 aromatic rings. The largest absolute Gasteiger partial charge is 0.147 e. The van der Waals surface area contributed by atoms with E-state index in [1.54, 1.807) is 0 Å². The van der Waals surface area contributed by atoms with Crippen molar-refractivity contribution in [3.8, 4) is 0 Å². The molecular weight excluding hydrogens is 195 g/mol. The Morgan fingerprint density at radius 1 is 1.09 bits per heavy atom. The van der Waals surface area contributed by atoms with Crippen molar-refractivity contribution in [2.24, 2.45) is 0 Å². The van der Waals surface area contributed by atoms with Crippen LogP contribution in [0.2, 0.25) is 0 Å². The standard InChI is InChI=1S/C8H12Si.2ClH/c1-6-4-3-5-8(9)7(6)2;;/h3-5H,1-2,9H3;2*1H. The molecule has 0 nitrogen and oxygen atoms in total. The van der Waals surface area contributed by atoms with Crippen molar-refractivity contribution in [2.45, 2.75) is 13.8 Å². The SMILES string of the molecule is Cc1cccc([SiH3])c1C.Cl.Cl. The number of aryl methyl sites for hydroxylation is 1. The third-order valence-electron chi connectivity index (χ3n) is 1.88. The Hall–Kier alpha value is 0.0169. The van der Waals surface area contributed by atoms with Gasteiger partial charge < -0.3 is 0 Å². The molecule has 0 amide bonds. The molecule has 0 spiro atoms. The number of hydrogen-bond acceptors (Lipinski definition) is 0. The average molecular weight is 209 g/mol. The van der Waals surface area contributed by atoms with Crippen LogP contribution in [0.15, 0.2) is 18.2 Å². The summed E-state index contributed by atoms with van der Waals surface area (Å²) in [5.74, 6) is 0. The van der Waals surface area contributed by atoms with E-state index in [0.29, 0.717) is 0 Å². The minimum absolute atomic E-state index is 0. The summed E-state index contributed by atoms with van der Waals surface area (Å²) < 4.78 is 0. The van der Waals surface area contributed by atoms with Crippen LogP contribution in [0.1, 0.15) is 11.1 Å². The maximum atomic E-state index is 2.20. The maximum absolute atomic E-state index is 2.20. The van der Waals surface area contributed by atoms with Crippen LogP contribution in [0.25, 0.3) is 0 Å². The molecule has 0 aliphatic carbocycles. The Balaban J connectivity index is 0. The van der Waals surface area contributed by atoms with Crippen LogP contribution in [-0.2, 0) is 0 Å². The Bertz CT molecular complexity index is 203. The predicted octanol–water partition coefficient (Wildman–Crippen LogP) is 1.14. The first-order chi connectivity index (χ1) is 4.22. The molecule has 0 aliphatic heterocycles. The lowest BCUT2D eigenvalue weighted by Crippen LogP contribution is -2.07. The summed E-state index contributed by atoms with van der Waals surface area (Å²) in [6.07, 6.45) is 0. The normalized spacial score (nSPS) is 8.18. The van der Waals surface area contributed by atoms with Gasteiger partial charge in [0.25, 0.3) is 0 Å². The Kier molecular flexibility index (Phi) is 6.97. The van der Waals surface area contributed by atoms with Crippen LogP contribution in [0.3, 0.4) is 0 Å². The number of halogens is 2. The summed E-state index contributed by atoms with van der Waals surface area (Å²) in [6.45, 7) is 4.36. The van der Waals surface area contributed by atoms with Gasteiger partial charge in [-0.1, -0.05) is 23.4 Å². The van der Waals surface area contributed by atoms with Crippen molar-refractivity contribution < 1.29 is 0 Å². The van der Waals surface area contributed by atoms with E-state index in [9.17, 15) is 0 Å². The van der Waals surface area contributed by atoms with Crippen LogP contribution in [0, 0.1) is 13.8 Å². The molecule has 0 aliphatic rings. The Morgan fingerprint density at radius 2 is 1.64 bits per heavy atom. The Morgan fingerprint density at radius 3 is 2.00 bits per heavy atom. The molecule has 0 saturated heterocycles. The molecule has 0 N–H and O–H groups in total. The third-order valence-corrected chi connectivity index (χ3v) is 2.96. The highest BCUT2D eigenvalue weighted by Gasteiger charge is 1.91. The van der Waals surface area contributed by atoms with Crippen LogP contribution < -0.4 is 5.19 Å². The maximum Gasteiger partial charge on any atom is 0.0388 e. The molecule has 64 valence electrons. The first-order valence-electron chi connectivity index (χ1n) is 3.24. The molecule has 0 radical (unpaired) electrons. The van der Waals surface area contributed by atoms with Crippen LogP contribution in [0.5, 0.6) is 0 Å². The summed E-state index contributed by atoms with van der Waals surface area (Å²) in [5, 5.41) is 1.52. The zero-order chi connectivity index (χ0) is 6.85. The highest BCUT2D eigenvalue weighted by Crippen LogP contribution is 1.99. The average Bonchev–Trinajstić information content (AvgIpc) is 1.83. The summed E-state index contributed by atoms with van der Waals surface area (Å²) in [5.41, 5.74) is 2.90. The zero-order valence-corrected chi connectivity index (χ0v) is 10.7. The van der Waals surface area contributed by atoms with E-state index >= 15 is 0 Å². The molecule has 0 atom stereocenters. The van der Waals surface area contributed by atoms with Crippen molar-refractivity contribution in [2.75, 3.05) is 0 Å². The highest BCUT2D eigenvalue weighted by atomic mass is 35.5. The second kappa shape index (κ2) is 5.64. The lowest BCUT2D eigenvalue weighted by atomic mass is 10.1. The van der Waals surface area contributed by atoms with Gasteiger partial charge in [0.05, 0.1) is 0 Å². The summed E-state index contributed by atoms with van der Waals surface area (Å²) in [4.78, 5) is 0. The fraction of sp³-hybridized carbons (Fsp3) is 0.250. The fourth-order valence-corrected chi connectivity index (χ4v) is 1.48. The van der Waals surface area contributed by atoms with E-state index < -0.39 is 0 Å². The monoisotopic (exact) mass is 208 g/mol. The second-order valence-corrected chi connectivity index (χ2v) is 3.59. The first kappa shape index (κ1) is 13.6. The van der Waals surface area contributed by atoms with Gasteiger partial charge in [-0.2, -0.15) is 0 Å². The van der Waals surface area contributed by atoms with Gasteiger partial charge in [-0.05, 0) is 25.0 Å². The summed E-state index contributed by atoms with van der Waals surface area (Å²) in [6, 6.07) is 6.50. The van der Waals surface area contributed by atoms with Crippen molar-refractivity contribution in [1.29, 1.82) is 0 Å². The molecule has 0 heterocycles. The fourth-order valence-electron chi connectivity index (χ4n) is 0.898. The molecule has 0 saturated carbocycles. The third kappa shape index (κ3) is 3.28. The van der Waals surface area contributed by atoms with Crippen molar-refractivity contribution in [3.05, 3.63) is 29.3 Å². The second-order valence-electron chi connectivity index (χ2n) is 2.52. The zero-order valence-electron chi connectivity index (χ0n) is 7.05. The van der Waals surface area contributed by atoms with E-state index in [4.69, 9.17) is 0 Å². The molecular formula is C8H14Cl2Si. The molecule has 3 heteroatoms. The predicted molar refractivity (Wildman–Crippen MR) is 60.0 cm³/mol. The molecule has 1 aromatic carbocycles. The summed E-state index contributed by atoms with van der Waals surface area (Å²) in [7, 11) is 1.17. The molecule has 0 fully saturated rings. The van der Waals surface area contributed by atoms with Gasteiger partial charge in [-0.15, -0.1) is 24.8 Å². The van der Waals surface area contributed by atoms with Crippen molar-refractivity contribution in [3.63, 3.8) is 0 Å². The van der Waals surface area contributed by atoms with E-state index in [0.717, 1.165) is 0 Å². The van der Waals surface area contributed by atoms with Gasteiger partial charge >= 0.3 is 0 Å². The number of benzene rings is 1. The van der Waals surface area contributed by atoms with Crippen LogP contribution in [0.4, 0.5) is 0 Å². The minimum Gasteiger partial charge on any atom is -0.147 e. The highest BCUT2D eigenvalue weighted by molar-refractivity contribution is 6.33. The van der Waals surface area contributed by atoms with Gasteiger partial charge in [0, 0.05) is 10.2 Å². The first-order valence-corrected chi connectivity index (χ1v) is 4.24. The topological polar surface area (TPSA) is 0 Å². The molecule has 0 bridgehead atoms. The number of hydrogen-bond donors (Lipinski definition) is 0. The van der Waals surface area contributed by atoms with Gasteiger partial charge in [0.2, 0.25) is 0 Å². The van der Waals surface area contributed by atoms with E-state index in [1.807, 2.05) is 0 Å². The van der Waals surface area contributed by atoms with Gasteiger partial charge in [-0.25, -0.2) is 0 Å². The van der Waals surface area contributed by atoms with Gasteiger partial charge in [-0.3, -0.25) is 0 Å². The minimum atomic E-state index is 0. The quantitative estimate of drug-likeness (QED) is 0.562. The van der Waals surface area contributed by atoms with Gasteiger partial charge in [0.1, 0.15) is 0 Å².